The highest BCUT2D eigenvalue weighted by atomic mass is 16.5. The summed E-state index contributed by atoms with van der Waals surface area (Å²) >= 11 is 0. The third-order valence-electron chi connectivity index (χ3n) is 5.47. The zero-order valence-corrected chi connectivity index (χ0v) is 16.3. The molecule has 2 fully saturated rings. The van der Waals surface area contributed by atoms with E-state index < -0.39 is 0 Å². The molecule has 5 nitrogen and oxygen atoms in total. The highest BCUT2D eigenvalue weighted by molar-refractivity contribution is 5.91. The zero-order valence-electron chi connectivity index (χ0n) is 16.3. The molecule has 1 aromatic carbocycles. The molecule has 2 aliphatic heterocycles. The summed E-state index contributed by atoms with van der Waals surface area (Å²) in [7, 11) is 0. The van der Waals surface area contributed by atoms with Crippen molar-refractivity contribution in [2.45, 2.75) is 71.0 Å². The van der Waals surface area contributed by atoms with Crippen LogP contribution in [0.15, 0.2) is 24.3 Å². The van der Waals surface area contributed by atoms with Crippen molar-refractivity contribution in [1.29, 1.82) is 0 Å². The van der Waals surface area contributed by atoms with E-state index in [1.54, 1.807) is 0 Å². The van der Waals surface area contributed by atoms with Gasteiger partial charge in [-0.2, -0.15) is 0 Å². The molecule has 1 aromatic rings. The number of amides is 2. The molecule has 2 saturated heterocycles. The Bertz CT molecular complexity index is 591. The number of urea groups is 1. The van der Waals surface area contributed by atoms with E-state index >= 15 is 0 Å². The van der Waals surface area contributed by atoms with Crippen molar-refractivity contribution in [2.24, 2.45) is 5.92 Å². The molecule has 144 valence electrons. The van der Waals surface area contributed by atoms with E-state index in [4.69, 9.17) is 4.74 Å². The van der Waals surface area contributed by atoms with E-state index in [1.165, 1.54) is 25.8 Å². The Morgan fingerprint density at radius 1 is 1.23 bits per heavy atom. The highest BCUT2D eigenvalue weighted by Gasteiger charge is 2.38. The van der Waals surface area contributed by atoms with Crippen LogP contribution in [0.2, 0.25) is 0 Å². The van der Waals surface area contributed by atoms with Crippen molar-refractivity contribution in [2.75, 3.05) is 18.5 Å². The molecule has 26 heavy (non-hydrogen) atoms. The van der Waals surface area contributed by atoms with Gasteiger partial charge < -0.3 is 15.4 Å². The van der Waals surface area contributed by atoms with Gasteiger partial charge in [-0.05, 0) is 50.7 Å². The van der Waals surface area contributed by atoms with E-state index in [-0.39, 0.29) is 12.1 Å². The second-order valence-corrected chi connectivity index (χ2v) is 8.03. The van der Waals surface area contributed by atoms with Gasteiger partial charge in [-0.3, -0.25) is 4.90 Å². The summed E-state index contributed by atoms with van der Waals surface area (Å²) in [4.78, 5) is 15.2. The van der Waals surface area contributed by atoms with Gasteiger partial charge in [-0.1, -0.05) is 32.4 Å². The lowest BCUT2D eigenvalue weighted by molar-refractivity contribution is 0.0180. The Balaban J connectivity index is 1.57. The van der Waals surface area contributed by atoms with Crippen LogP contribution in [0.3, 0.4) is 0 Å². The van der Waals surface area contributed by atoms with Crippen molar-refractivity contribution in [3.8, 4) is 5.75 Å². The summed E-state index contributed by atoms with van der Waals surface area (Å²) in [6.45, 7) is 8.29. The average Bonchev–Trinajstić information content (AvgIpc) is 2.57. The number of benzene rings is 1. The molecule has 2 amide bonds. The van der Waals surface area contributed by atoms with Gasteiger partial charge in [0.15, 0.2) is 0 Å². The highest BCUT2D eigenvalue weighted by Crippen LogP contribution is 2.34. The number of carbonyl (C=O) groups excluding carboxylic acids is 1. The Hall–Kier alpha value is -1.75. The lowest BCUT2D eigenvalue weighted by Gasteiger charge is -2.49. The molecule has 3 rings (SSSR count). The van der Waals surface area contributed by atoms with Crippen LogP contribution in [0.4, 0.5) is 10.5 Å². The summed E-state index contributed by atoms with van der Waals surface area (Å²) in [6, 6.07) is 8.95. The molecule has 0 aromatic heterocycles. The number of nitrogens with zero attached hydrogens (tertiary/aromatic N) is 1. The van der Waals surface area contributed by atoms with Crippen LogP contribution in [-0.4, -0.2) is 42.2 Å². The molecule has 2 aliphatic rings. The van der Waals surface area contributed by atoms with Gasteiger partial charge in [0.05, 0.1) is 12.3 Å². The molecular formula is C21H33N3O2. The number of para-hydroxylation sites is 2. The average molecular weight is 360 g/mol. The number of rotatable bonds is 6. The summed E-state index contributed by atoms with van der Waals surface area (Å²) in [5.41, 5.74) is 0.726. The minimum atomic E-state index is -0.127. The van der Waals surface area contributed by atoms with Gasteiger partial charge in [0.25, 0.3) is 0 Å². The van der Waals surface area contributed by atoms with Crippen molar-refractivity contribution in [3.05, 3.63) is 24.3 Å². The molecular weight excluding hydrogens is 326 g/mol. The molecule has 0 spiro atoms. The molecule has 2 unspecified atom stereocenters. The van der Waals surface area contributed by atoms with Gasteiger partial charge in [0.1, 0.15) is 5.75 Å². The quantitative estimate of drug-likeness (QED) is 0.798. The predicted octanol–water partition coefficient (Wildman–Crippen LogP) is 4.25. The van der Waals surface area contributed by atoms with Gasteiger partial charge >= 0.3 is 6.03 Å². The lowest BCUT2D eigenvalue weighted by Crippen LogP contribution is -2.58. The smallest absolute Gasteiger partial charge is 0.319 e. The first-order chi connectivity index (χ1) is 12.6. The Morgan fingerprint density at radius 3 is 2.58 bits per heavy atom. The molecule has 0 aliphatic carbocycles. The molecule has 2 atom stereocenters. The van der Waals surface area contributed by atoms with Gasteiger partial charge in [-0.25, -0.2) is 4.79 Å². The molecule has 5 heteroatoms. The van der Waals surface area contributed by atoms with Gasteiger partial charge in [-0.15, -0.1) is 0 Å². The Morgan fingerprint density at radius 2 is 1.92 bits per heavy atom. The maximum Gasteiger partial charge on any atom is 0.319 e. The number of hydrogen-bond donors (Lipinski definition) is 2. The maximum atomic E-state index is 12.5. The summed E-state index contributed by atoms with van der Waals surface area (Å²) in [6.07, 6.45) is 5.96. The van der Waals surface area contributed by atoms with Gasteiger partial charge in [0, 0.05) is 24.7 Å². The molecule has 2 bridgehead atoms. The van der Waals surface area contributed by atoms with Gasteiger partial charge in [0.2, 0.25) is 0 Å². The molecule has 0 radical (unpaired) electrons. The first-order valence-corrected chi connectivity index (χ1v) is 10.1. The van der Waals surface area contributed by atoms with Crippen LogP contribution in [0.25, 0.3) is 0 Å². The minimum Gasteiger partial charge on any atom is -0.492 e. The Labute approximate surface area is 157 Å². The largest absolute Gasteiger partial charge is 0.492 e. The van der Waals surface area contributed by atoms with Crippen molar-refractivity contribution in [1.82, 2.24) is 10.2 Å². The van der Waals surface area contributed by atoms with E-state index in [2.05, 4.69) is 29.4 Å². The SMILES string of the molecule is CCOc1ccccc1NC(=O)NC1CC2CCCC(C1)N2CC(C)C. The zero-order chi connectivity index (χ0) is 18.5. The van der Waals surface area contributed by atoms with E-state index in [0.717, 1.165) is 18.5 Å². The fraction of sp³-hybridized carbons (Fsp3) is 0.667. The third kappa shape index (κ3) is 4.70. The topological polar surface area (TPSA) is 53.6 Å². The number of anilines is 1. The summed E-state index contributed by atoms with van der Waals surface area (Å²) in [5.74, 6) is 1.41. The molecule has 2 N–H and O–H groups in total. The normalized spacial score (nSPS) is 25.8. The number of piperidine rings is 2. The third-order valence-corrected chi connectivity index (χ3v) is 5.47. The molecule has 0 saturated carbocycles. The second kappa shape index (κ2) is 8.76. The fourth-order valence-electron chi connectivity index (χ4n) is 4.51. The number of fused-ring (bicyclic) bond motifs is 2. The summed E-state index contributed by atoms with van der Waals surface area (Å²) < 4.78 is 5.59. The monoisotopic (exact) mass is 359 g/mol. The van der Waals surface area contributed by atoms with Crippen LogP contribution in [0.1, 0.15) is 52.9 Å². The lowest BCUT2D eigenvalue weighted by atomic mass is 9.81. The minimum absolute atomic E-state index is 0.127. The van der Waals surface area contributed by atoms with Crippen molar-refractivity contribution >= 4 is 11.7 Å². The van der Waals surface area contributed by atoms with Crippen LogP contribution >= 0.6 is 0 Å². The Kier molecular flexibility index (Phi) is 6.41. The van der Waals surface area contributed by atoms with E-state index in [9.17, 15) is 4.79 Å². The predicted molar refractivity (Wildman–Crippen MR) is 106 cm³/mol. The van der Waals surface area contributed by atoms with Crippen LogP contribution in [0, 0.1) is 5.92 Å². The second-order valence-electron chi connectivity index (χ2n) is 8.03. The van der Waals surface area contributed by atoms with E-state index in [1.807, 2.05) is 31.2 Å². The summed E-state index contributed by atoms with van der Waals surface area (Å²) in [5, 5.41) is 6.17. The number of ether oxygens (including phenoxy) is 1. The molecule has 2 heterocycles. The number of nitrogens with one attached hydrogen (secondary N) is 2. The van der Waals surface area contributed by atoms with Crippen LogP contribution < -0.4 is 15.4 Å². The number of carbonyl (C=O) groups is 1. The van der Waals surface area contributed by atoms with E-state index in [0.29, 0.717) is 30.4 Å². The first-order valence-electron chi connectivity index (χ1n) is 10.1. The number of hydrogen-bond acceptors (Lipinski definition) is 3. The van der Waals surface area contributed by atoms with Crippen molar-refractivity contribution in [3.63, 3.8) is 0 Å². The standard InChI is InChI=1S/C21H33N3O2/c1-4-26-20-11-6-5-10-19(20)23-21(25)22-16-12-17-8-7-9-18(13-16)24(17)14-15(2)3/h5-6,10-11,15-18H,4,7-9,12-14H2,1-3H3,(H2,22,23,25). The maximum absolute atomic E-state index is 12.5. The fourth-order valence-corrected chi connectivity index (χ4v) is 4.51. The first kappa shape index (κ1) is 19.0. The van der Waals surface area contributed by atoms with Crippen LogP contribution in [-0.2, 0) is 0 Å². The van der Waals surface area contributed by atoms with Crippen molar-refractivity contribution < 1.29 is 9.53 Å². The van der Waals surface area contributed by atoms with Crippen LogP contribution in [0.5, 0.6) is 5.75 Å².